The van der Waals surface area contributed by atoms with E-state index in [1.807, 2.05) is 41.8 Å². The molecule has 1 aromatic carbocycles. The molecule has 1 heterocycles. The highest BCUT2D eigenvalue weighted by molar-refractivity contribution is 8.00. The molecule has 0 saturated heterocycles. The van der Waals surface area contributed by atoms with E-state index >= 15 is 0 Å². The normalized spacial score (nSPS) is 13.9. The molecule has 2 rings (SSSR count). The van der Waals surface area contributed by atoms with E-state index in [2.05, 4.69) is 42.6 Å². The molecular formula is C16H23N3OS. The summed E-state index contributed by atoms with van der Waals surface area (Å²) in [4.78, 5) is 1.20. The SMILES string of the molecule is CCNC(c1ccc(OC)cc1)C(C)Sc1cnn(C)c1. The molecule has 2 unspecified atom stereocenters. The van der Waals surface area contributed by atoms with E-state index in [1.54, 1.807) is 7.11 Å². The Kier molecular flexibility index (Phi) is 5.70. The maximum atomic E-state index is 5.23. The van der Waals surface area contributed by atoms with Gasteiger partial charge in [0, 0.05) is 29.4 Å². The van der Waals surface area contributed by atoms with E-state index in [9.17, 15) is 0 Å². The van der Waals surface area contributed by atoms with Crippen LogP contribution in [0.15, 0.2) is 41.6 Å². The fraction of sp³-hybridized carbons (Fsp3) is 0.438. The second-order valence-corrected chi connectivity index (χ2v) is 6.43. The van der Waals surface area contributed by atoms with E-state index in [0.29, 0.717) is 11.3 Å². The quantitative estimate of drug-likeness (QED) is 0.797. The lowest BCUT2D eigenvalue weighted by Gasteiger charge is -2.24. The molecule has 0 amide bonds. The third-order valence-electron chi connectivity index (χ3n) is 3.37. The van der Waals surface area contributed by atoms with Crippen LogP contribution in [0.2, 0.25) is 0 Å². The second-order valence-electron chi connectivity index (χ2n) is 4.98. The summed E-state index contributed by atoms with van der Waals surface area (Å²) in [5.41, 5.74) is 1.28. The monoisotopic (exact) mass is 305 g/mol. The third kappa shape index (κ3) is 4.25. The van der Waals surface area contributed by atoms with Gasteiger partial charge in [0.15, 0.2) is 0 Å². The first kappa shape index (κ1) is 15.9. The number of benzene rings is 1. The van der Waals surface area contributed by atoms with Crippen LogP contribution in [-0.4, -0.2) is 28.7 Å². The number of nitrogens with one attached hydrogen (secondary N) is 1. The summed E-state index contributed by atoms with van der Waals surface area (Å²) in [6.45, 7) is 5.32. The fourth-order valence-corrected chi connectivity index (χ4v) is 3.47. The molecular weight excluding hydrogens is 282 g/mol. The number of rotatable bonds is 7. The van der Waals surface area contributed by atoms with Crippen LogP contribution < -0.4 is 10.1 Å². The van der Waals surface area contributed by atoms with Gasteiger partial charge in [-0.15, -0.1) is 11.8 Å². The van der Waals surface area contributed by atoms with Crippen LogP contribution >= 0.6 is 11.8 Å². The molecule has 5 heteroatoms. The Morgan fingerprint density at radius 3 is 2.57 bits per heavy atom. The number of hydrogen-bond acceptors (Lipinski definition) is 4. The van der Waals surface area contributed by atoms with Crippen molar-refractivity contribution in [2.75, 3.05) is 13.7 Å². The molecule has 1 aromatic heterocycles. The lowest BCUT2D eigenvalue weighted by Crippen LogP contribution is -2.28. The van der Waals surface area contributed by atoms with E-state index in [1.165, 1.54) is 10.5 Å². The van der Waals surface area contributed by atoms with Gasteiger partial charge in [0.1, 0.15) is 5.75 Å². The van der Waals surface area contributed by atoms with Gasteiger partial charge in [0.25, 0.3) is 0 Å². The summed E-state index contributed by atoms with van der Waals surface area (Å²) < 4.78 is 7.07. The predicted octanol–water partition coefficient (Wildman–Crippen LogP) is 3.26. The largest absolute Gasteiger partial charge is 0.497 e. The molecule has 0 radical (unpaired) electrons. The second kappa shape index (κ2) is 7.52. The average Bonchev–Trinajstić information content (AvgIpc) is 2.90. The van der Waals surface area contributed by atoms with Crippen LogP contribution in [0.4, 0.5) is 0 Å². The fourth-order valence-electron chi connectivity index (χ4n) is 2.33. The van der Waals surface area contributed by atoms with Crippen molar-refractivity contribution in [3.05, 3.63) is 42.2 Å². The number of nitrogens with zero attached hydrogens (tertiary/aromatic N) is 2. The molecule has 0 bridgehead atoms. The van der Waals surface area contributed by atoms with E-state index in [-0.39, 0.29) is 0 Å². The average molecular weight is 305 g/mol. The van der Waals surface area contributed by atoms with Crippen molar-refractivity contribution in [2.45, 2.75) is 30.0 Å². The Bertz CT molecular complexity index is 553. The number of aryl methyl sites for hydroxylation is 1. The Morgan fingerprint density at radius 2 is 2.05 bits per heavy atom. The lowest BCUT2D eigenvalue weighted by atomic mass is 10.0. The van der Waals surface area contributed by atoms with Crippen molar-refractivity contribution in [1.82, 2.24) is 15.1 Å². The Labute approximate surface area is 130 Å². The zero-order chi connectivity index (χ0) is 15.2. The van der Waals surface area contributed by atoms with E-state index in [0.717, 1.165) is 12.3 Å². The summed E-state index contributed by atoms with van der Waals surface area (Å²) in [7, 11) is 3.64. The first-order valence-corrected chi connectivity index (χ1v) is 8.04. The highest BCUT2D eigenvalue weighted by Crippen LogP contribution is 2.32. The standard InChI is InChI=1S/C16H23N3OS/c1-5-17-16(13-6-8-14(20-4)9-7-13)12(2)21-15-10-18-19(3)11-15/h6-12,16-17H,5H2,1-4H3. The van der Waals surface area contributed by atoms with Crippen LogP contribution in [0, 0.1) is 0 Å². The van der Waals surface area contributed by atoms with Crippen LogP contribution in [0.3, 0.4) is 0 Å². The van der Waals surface area contributed by atoms with Gasteiger partial charge in [-0.3, -0.25) is 4.68 Å². The molecule has 114 valence electrons. The summed E-state index contributed by atoms with van der Waals surface area (Å²) in [6.07, 6.45) is 3.97. The number of ether oxygens (including phenoxy) is 1. The van der Waals surface area contributed by atoms with Crippen molar-refractivity contribution in [3.63, 3.8) is 0 Å². The smallest absolute Gasteiger partial charge is 0.118 e. The molecule has 0 aliphatic heterocycles. The summed E-state index contributed by atoms with van der Waals surface area (Å²) in [5, 5.41) is 8.21. The number of hydrogen-bond donors (Lipinski definition) is 1. The zero-order valence-electron chi connectivity index (χ0n) is 13.0. The van der Waals surface area contributed by atoms with Gasteiger partial charge in [-0.2, -0.15) is 5.10 Å². The highest BCUT2D eigenvalue weighted by atomic mass is 32.2. The van der Waals surface area contributed by atoms with Crippen molar-refractivity contribution in [1.29, 1.82) is 0 Å². The molecule has 2 aromatic rings. The molecule has 0 fully saturated rings. The number of aromatic nitrogens is 2. The predicted molar refractivity (Wildman–Crippen MR) is 87.9 cm³/mol. The number of thioether (sulfide) groups is 1. The first-order chi connectivity index (χ1) is 10.1. The van der Waals surface area contributed by atoms with Gasteiger partial charge in [-0.25, -0.2) is 0 Å². The van der Waals surface area contributed by atoms with Gasteiger partial charge < -0.3 is 10.1 Å². The molecule has 0 saturated carbocycles. The Morgan fingerprint density at radius 1 is 1.33 bits per heavy atom. The molecule has 1 N–H and O–H groups in total. The summed E-state index contributed by atoms with van der Waals surface area (Å²) in [6, 6.07) is 8.59. The summed E-state index contributed by atoms with van der Waals surface area (Å²) >= 11 is 1.84. The third-order valence-corrected chi connectivity index (χ3v) is 4.50. The van der Waals surface area contributed by atoms with Crippen LogP contribution in [-0.2, 0) is 7.05 Å². The van der Waals surface area contributed by atoms with Gasteiger partial charge >= 0.3 is 0 Å². The highest BCUT2D eigenvalue weighted by Gasteiger charge is 2.20. The maximum absolute atomic E-state index is 5.23. The van der Waals surface area contributed by atoms with E-state index < -0.39 is 0 Å². The zero-order valence-corrected chi connectivity index (χ0v) is 13.9. The molecule has 21 heavy (non-hydrogen) atoms. The van der Waals surface area contributed by atoms with Crippen molar-refractivity contribution < 1.29 is 4.74 Å². The Balaban J connectivity index is 2.12. The molecule has 0 aliphatic rings. The van der Waals surface area contributed by atoms with E-state index in [4.69, 9.17) is 4.74 Å². The molecule has 4 nitrogen and oxygen atoms in total. The van der Waals surface area contributed by atoms with Crippen molar-refractivity contribution in [3.8, 4) is 5.75 Å². The molecule has 2 atom stereocenters. The van der Waals surface area contributed by atoms with Gasteiger partial charge in [-0.1, -0.05) is 26.0 Å². The minimum atomic E-state index is 0.297. The first-order valence-electron chi connectivity index (χ1n) is 7.16. The van der Waals surface area contributed by atoms with Gasteiger partial charge in [0.05, 0.1) is 13.3 Å². The van der Waals surface area contributed by atoms with Gasteiger partial charge in [-0.05, 0) is 24.2 Å². The number of methoxy groups -OCH3 is 1. The lowest BCUT2D eigenvalue weighted by molar-refractivity contribution is 0.414. The topological polar surface area (TPSA) is 39.1 Å². The van der Waals surface area contributed by atoms with Crippen molar-refractivity contribution >= 4 is 11.8 Å². The van der Waals surface area contributed by atoms with Gasteiger partial charge in [0.2, 0.25) is 0 Å². The molecule has 0 spiro atoms. The van der Waals surface area contributed by atoms with Crippen LogP contribution in [0.1, 0.15) is 25.5 Å². The minimum Gasteiger partial charge on any atom is -0.497 e. The van der Waals surface area contributed by atoms with Crippen molar-refractivity contribution in [2.24, 2.45) is 7.05 Å². The molecule has 0 aliphatic carbocycles. The minimum absolute atomic E-state index is 0.297. The summed E-state index contributed by atoms with van der Waals surface area (Å²) in [5.74, 6) is 0.890. The van der Waals surface area contributed by atoms with Crippen LogP contribution in [0.5, 0.6) is 5.75 Å². The maximum Gasteiger partial charge on any atom is 0.118 e. The Hall–Kier alpha value is -1.46. The van der Waals surface area contributed by atoms with Crippen LogP contribution in [0.25, 0.3) is 0 Å².